The summed E-state index contributed by atoms with van der Waals surface area (Å²) in [5.74, 6) is 1.62. The van der Waals surface area contributed by atoms with E-state index in [0.29, 0.717) is 10.8 Å². The van der Waals surface area contributed by atoms with Crippen LogP contribution in [0, 0.1) is 13.8 Å². The number of rotatable bonds is 3. The molecule has 0 atom stereocenters. The van der Waals surface area contributed by atoms with Crippen LogP contribution in [0.15, 0.2) is 63.9 Å². The van der Waals surface area contributed by atoms with Crippen molar-refractivity contribution < 1.29 is 4.42 Å². The third-order valence-corrected chi connectivity index (χ3v) is 4.90. The van der Waals surface area contributed by atoms with E-state index in [4.69, 9.17) is 16.0 Å². The second-order valence-corrected chi connectivity index (χ2v) is 7.35. The molecule has 0 saturated heterocycles. The minimum atomic E-state index is 0.683. The van der Waals surface area contributed by atoms with Crippen molar-refractivity contribution in [2.45, 2.75) is 13.8 Å². The summed E-state index contributed by atoms with van der Waals surface area (Å²) in [6, 6.07) is 13.6. The quantitative estimate of drug-likeness (QED) is 0.388. The summed E-state index contributed by atoms with van der Waals surface area (Å²) in [4.78, 5) is 9.01. The minimum Gasteiger partial charge on any atom is -0.443 e. The molecule has 2 aromatic heterocycles. The Morgan fingerprint density at radius 2 is 1.85 bits per heavy atom. The molecule has 0 spiro atoms. The van der Waals surface area contributed by atoms with E-state index in [9.17, 15) is 0 Å². The second-order valence-electron chi connectivity index (χ2n) is 6.00. The van der Waals surface area contributed by atoms with Crippen molar-refractivity contribution in [3.8, 4) is 28.3 Å². The van der Waals surface area contributed by atoms with Crippen molar-refractivity contribution in [1.82, 2.24) is 14.5 Å². The van der Waals surface area contributed by atoms with Crippen molar-refractivity contribution in [2.75, 3.05) is 0 Å². The van der Waals surface area contributed by atoms with Crippen LogP contribution in [0.2, 0.25) is 5.02 Å². The lowest BCUT2D eigenvalue weighted by Crippen LogP contribution is -1.99. The fourth-order valence-corrected chi connectivity index (χ4v) is 3.50. The van der Waals surface area contributed by atoms with Gasteiger partial charge in [0.15, 0.2) is 12.2 Å². The van der Waals surface area contributed by atoms with E-state index in [1.807, 2.05) is 62.5 Å². The van der Waals surface area contributed by atoms with Crippen LogP contribution in [-0.2, 0) is 0 Å². The van der Waals surface area contributed by atoms with Crippen molar-refractivity contribution in [2.24, 2.45) is 0 Å². The van der Waals surface area contributed by atoms with E-state index in [1.165, 1.54) is 6.39 Å². The van der Waals surface area contributed by atoms with Gasteiger partial charge in [0, 0.05) is 26.8 Å². The maximum atomic E-state index is 6.01. The molecule has 0 aliphatic carbocycles. The first kappa shape index (κ1) is 17.1. The van der Waals surface area contributed by atoms with Crippen molar-refractivity contribution in [3.05, 3.63) is 76.1 Å². The topological polar surface area (TPSA) is 43.9 Å². The van der Waals surface area contributed by atoms with Gasteiger partial charge in [-0.1, -0.05) is 27.5 Å². The Hall–Kier alpha value is -2.37. The standard InChI is InChI=1S/C20H15BrClN3O/c1-12-10-25(13(2)24-12)18-8-5-15(21)9-17(18)19-20(26-11-23-19)14-3-6-16(22)7-4-14/h3-11H,1-2H3. The third-order valence-electron chi connectivity index (χ3n) is 4.15. The van der Waals surface area contributed by atoms with Gasteiger partial charge in [0.25, 0.3) is 0 Å². The van der Waals surface area contributed by atoms with Crippen LogP contribution in [0.3, 0.4) is 0 Å². The number of oxazole rings is 1. The summed E-state index contributed by atoms with van der Waals surface area (Å²) in [6.45, 7) is 3.97. The van der Waals surface area contributed by atoms with Crippen LogP contribution < -0.4 is 0 Å². The highest BCUT2D eigenvalue weighted by Crippen LogP contribution is 2.36. The molecule has 0 bridgehead atoms. The van der Waals surface area contributed by atoms with Crippen LogP contribution in [0.5, 0.6) is 0 Å². The Morgan fingerprint density at radius 1 is 1.08 bits per heavy atom. The Kier molecular flexibility index (Phi) is 4.42. The maximum absolute atomic E-state index is 6.01. The Labute approximate surface area is 164 Å². The molecule has 2 aromatic carbocycles. The zero-order chi connectivity index (χ0) is 18.3. The highest BCUT2D eigenvalue weighted by molar-refractivity contribution is 9.10. The summed E-state index contributed by atoms with van der Waals surface area (Å²) in [5.41, 5.74) is 4.61. The number of hydrogen-bond acceptors (Lipinski definition) is 3. The van der Waals surface area contributed by atoms with Gasteiger partial charge in [-0.05, 0) is 56.3 Å². The van der Waals surface area contributed by atoms with Gasteiger partial charge >= 0.3 is 0 Å². The van der Waals surface area contributed by atoms with Gasteiger partial charge in [0.05, 0.1) is 11.4 Å². The third kappa shape index (κ3) is 3.08. The highest BCUT2D eigenvalue weighted by atomic mass is 79.9. The predicted octanol–water partition coefficient (Wildman–Crippen LogP) is 6.23. The summed E-state index contributed by atoms with van der Waals surface area (Å²) in [6.07, 6.45) is 3.49. The molecule has 0 radical (unpaired) electrons. The number of aryl methyl sites for hydroxylation is 2. The molecule has 4 aromatic rings. The predicted molar refractivity (Wildman–Crippen MR) is 107 cm³/mol. The average molecular weight is 429 g/mol. The fraction of sp³-hybridized carbons (Fsp3) is 0.100. The molecule has 26 heavy (non-hydrogen) atoms. The van der Waals surface area contributed by atoms with E-state index < -0.39 is 0 Å². The van der Waals surface area contributed by atoms with Crippen molar-refractivity contribution >= 4 is 27.5 Å². The van der Waals surface area contributed by atoms with E-state index in [0.717, 1.165) is 38.5 Å². The van der Waals surface area contributed by atoms with E-state index in [1.54, 1.807) is 0 Å². The Bertz CT molecular complexity index is 1080. The molecule has 0 aliphatic heterocycles. The lowest BCUT2D eigenvalue weighted by Gasteiger charge is -2.12. The molecule has 0 saturated carbocycles. The minimum absolute atomic E-state index is 0.683. The molecule has 0 unspecified atom stereocenters. The number of hydrogen-bond donors (Lipinski definition) is 0. The molecule has 4 rings (SSSR count). The number of nitrogens with zero attached hydrogens (tertiary/aromatic N) is 3. The van der Waals surface area contributed by atoms with E-state index >= 15 is 0 Å². The molecule has 0 aliphatic rings. The average Bonchev–Trinajstić information content (AvgIpc) is 3.22. The number of aromatic nitrogens is 3. The van der Waals surface area contributed by atoms with Gasteiger partial charge in [-0.15, -0.1) is 0 Å². The van der Waals surface area contributed by atoms with E-state index in [2.05, 4.69) is 30.5 Å². The van der Waals surface area contributed by atoms with Gasteiger partial charge in [-0.25, -0.2) is 9.97 Å². The van der Waals surface area contributed by atoms with Gasteiger partial charge in [0.2, 0.25) is 0 Å². The molecular weight excluding hydrogens is 414 g/mol. The largest absolute Gasteiger partial charge is 0.443 e. The number of imidazole rings is 1. The molecule has 6 heteroatoms. The normalized spacial score (nSPS) is 11.1. The fourth-order valence-electron chi connectivity index (χ4n) is 3.01. The summed E-state index contributed by atoms with van der Waals surface area (Å²) in [7, 11) is 0. The second kappa shape index (κ2) is 6.74. The maximum Gasteiger partial charge on any atom is 0.182 e. The molecule has 0 amide bonds. The zero-order valence-corrected chi connectivity index (χ0v) is 16.5. The van der Waals surface area contributed by atoms with Gasteiger partial charge in [-0.3, -0.25) is 0 Å². The van der Waals surface area contributed by atoms with Crippen LogP contribution in [0.1, 0.15) is 11.5 Å². The van der Waals surface area contributed by atoms with Crippen molar-refractivity contribution in [3.63, 3.8) is 0 Å². The molecule has 4 nitrogen and oxygen atoms in total. The first-order valence-corrected chi connectivity index (χ1v) is 9.22. The number of benzene rings is 2. The van der Waals surface area contributed by atoms with Crippen LogP contribution in [-0.4, -0.2) is 14.5 Å². The first-order chi connectivity index (χ1) is 12.5. The van der Waals surface area contributed by atoms with E-state index in [-0.39, 0.29) is 0 Å². The van der Waals surface area contributed by atoms with Crippen molar-refractivity contribution in [1.29, 1.82) is 0 Å². The molecular formula is C20H15BrClN3O. The first-order valence-electron chi connectivity index (χ1n) is 8.05. The smallest absolute Gasteiger partial charge is 0.182 e. The lowest BCUT2D eigenvalue weighted by atomic mass is 10.0. The highest BCUT2D eigenvalue weighted by Gasteiger charge is 2.18. The summed E-state index contributed by atoms with van der Waals surface area (Å²) >= 11 is 9.58. The SMILES string of the molecule is Cc1cn(-c2ccc(Br)cc2-c2ncoc2-c2ccc(Cl)cc2)c(C)n1. The monoisotopic (exact) mass is 427 g/mol. The van der Waals surface area contributed by atoms with Crippen LogP contribution in [0.25, 0.3) is 28.3 Å². The summed E-state index contributed by atoms with van der Waals surface area (Å²) in [5, 5.41) is 0.683. The zero-order valence-electron chi connectivity index (χ0n) is 14.2. The molecule has 0 N–H and O–H groups in total. The Morgan fingerprint density at radius 3 is 2.54 bits per heavy atom. The van der Waals surface area contributed by atoms with Gasteiger partial charge < -0.3 is 8.98 Å². The van der Waals surface area contributed by atoms with Crippen LogP contribution >= 0.6 is 27.5 Å². The molecule has 2 heterocycles. The van der Waals surface area contributed by atoms with Crippen LogP contribution in [0.4, 0.5) is 0 Å². The van der Waals surface area contributed by atoms with Gasteiger partial charge in [-0.2, -0.15) is 0 Å². The van der Waals surface area contributed by atoms with Gasteiger partial charge in [0.1, 0.15) is 11.5 Å². The Balaban J connectivity index is 1.92. The lowest BCUT2D eigenvalue weighted by molar-refractivity contribution is 0.572. The molecule has 130 valence electrons. The number of halogens is 2. The molecule has 0 fully saturated rings. The summed E-state index contributed by atoms with van der Waals surface area (Å²) < 4.78 is 8.75.